The summed E-state index contributed by atoms with van der Waals surface area (Å²) in [5.41, 5.74) is 8.29. The molecule has 0 radical (unpaired) electrons. The van der Waals surface area contributed by atoms with Gasteiger partial charge in [-0.2, -0.15) is 0 Å². The molecule has 0 aliphatic heterocycles. The number of hydrogen-bond acceptors (Lipinski definition) is 2. The second kappa shape index (κ2) is 10.3. The van der Waals surface area contributed by atoms with Crippen LogP contribution in [-0.2, 0) is 0 Å². The van der Waals surface area contributed by atoms with Gasteiger partial charge in [-0.05, 0) is 81.6 Å². The van der Waals surface area contributed by atoms with Gasteiger partial charge in [0.05, 0.1) is 0 Å². The van der Waals surface area contributed by atoms with E-state index >= 15 is 0 Å². The Hall–Kier alpha value is -5.18. The van der Waals surface area contributed by atoms with Crippen molar-refractivity contribution in [1.29, 1.82) is 0 Å². The number of nitrogens with zero attached hydrogens (tertiary/aromatic N) is 1. The van der Waals surface area contributed by atoms with Crippen molar-refractivity contribution in [2.24, 2.45) is 0 Å². The Bertz CT molecular complexity index is 2190. The molecule has 0 amide bonds. The highest BCUT2D eigenvalue weighted by atomic mass is 32.1. The van der Waals surface area contributed by atoms with Crippen molar-refractivity contribution >= 4 is 59.3 Å². The van der Waals surface area contributed by atoms with Crippen molar-refractivity contribution in [3.05, 3.63) is 164 Å². The van der Waals surface area contributed by atoms with E-state index in [2.05, 4.69) is 169 Å². The Morgan fingerprint density at radius 2 is 0.976 bits per heavy atom. The lowest BCUT2D eigenvalue weighted by atomic mass is 9.97. The molecule has 0 fully saturated rings. The molecule has 0 saturated heterocycles. The Morgan fingerprint density at radius 3 is 1.86 bits per heavy atom. The van der Waals surface area contributed by atoms with Crippen molar-refractivity contribution in [3.63, 3.8) is 0 Å². The van der Waals surface area contributed by atoms with Gasteiger partial charge in [0, 0.05) is 37.2 Å². The van der Waals surface area contributed by atoms with E-state index in [4.69, 9.17) is 0 Å². The zero-order valence-electron chi connectivity index (χ0n) is 22.9. The fraction of sp³-hybridized carbons (Fsp3) is 0. The number of benzene rings is 7. The first-order valence-electron chi connectivity index (χ1n) is 14.3. The first-order chi connectivity index (χ1) is 20.8. The maximum Gasteiger partial charge on any atom is 0.0468 e. The molecule has 0 N–H and O–H groups in total. The van der Waals surface area contributed by atoms with Gasteiger partial charge in [-0.1, -0.05) is 115 Å². The topological polar surface area (TPSA) is 3.24 Å². The Labute approximate surface area is 249 Å². The highest BCUT2D eigenvalue weighted by Gasteiger charge is 2.16. The monoisotopic (exact) mass is 553 g/mol. The zero-order chi connectivity index (χ0) is 27.9. The summed E-state index contributed by atoms with van der Waals surface area (Å²) in [6, 6.07) is 59.2. The van der Waals surface area contributed by atoms with Crippen LogP contribution in [0.15, 0.2) is 164 Å². The van der Waals surface area contributed by atoms with Crippen LogP contribution in [0.5, 0.6) is 0 Å². The second-order valence-electron chi connectivity index (χ2n) is 10.6. The lowest BCUT2D eigenvalue weighted by Crippen LogP contribution is -2.10. The number of thiophene rings is 1. The summed E-state index contributed by atoms with van der Waals surface area (Å²) in [7, 11) is 0. The van der Waals surface area contributed by atoms with Crippen LogP contribution in [0.3, 0.4) is 0 Å². The molecule has 7 aromatic carbocycles. The molecule has 0 unspecified atom stereocenters. The summed E-state index contributed by atoms with van der Waals surface area (Å²) in [6.45, 7) is 0. The minimum Gasteiger partial charge on any atom is -0.310 e. The van der Waals surface area contributed by atoms with Crippen LogP contribution in [-0.4, -0.2) is 0 Å². The zero-order valence-corrected chi connectivity index (χ0v) is 23.8. The standard InChI is InChI=1S/C40H27NS/c1-2-10-28(11-3-1)29-20-22-32(23-21-29)41(34-24-25-40-38(27-34)37-17-6-7-19-39(37)42-40)33-15-8-14-31(26-33)36-18-9-13-30-12-4-5-16-35(30)36/h1-27H. The Morgan fingerprint density at radius 1 is 0.357 bits per heavy atom. The molecule has 2 heteroatoms. The molecule has 0 atom stereocenters. The van der Waals surface area contributed by atoms with Crippen LogP contribution in [0.4, 0.5) is 17.1 Å². The fourth-order valence-electron chi connectivity index (χ4n) is 6.02. The predicted octanol–water partition coefficient (Wildman–Crippen LogP) is 12.0. The van der Waals surface area contributed by atoms with Crippen LogP contribution in [0, 0.1) is 0 Å². The van der Waals surface area contributed by atoms with Gasteiger partial charge < -0.3 is 4.90 Å². The van der Waals surface area contributed by atoms with Crippen molar-refractivity contribution < 1.29 is 0 Å². The second-order valence-corrected chi connectivity index (χ2v) is 11.7. The molecule has 42 heavy (non-hydrogen) atoms. The van der Waals surface area contributed by atoms with E-state index in [9.17, 15) is 0 Å². The first kappa shape index (κ1) is 24.6. The van der Waals surface area contributed by atoms with Crippen LogP contribution >= 0.6 is 11.3 Å². The van der Waals surface area contributed by atoms with E-state index in [1.165, 1.54) is 53.2 Å². The molecule has 1 heterocycles. The van der Waals surface area contributed by atoms with Gasteiger partial charge in [-0.3, -0.25) is 0 Å². The van der Waals surface area contributed by atoms with E-state index < -0.39 is 0 Å². The molecule has 0 aliphatic rings. The average molecular weight is 554 g/mol. The highest BCUT2D eigenvalue weighted by molar-refractivity contribution is 7.25. The molecular formula is C40H27NS. The molecule has 198 valence electrons. The third kappa shape index (κ3) is 4.34. The maximum atomic E-state index is 2.38. The summed E-state index contributed by atoms with van der Waals surface area (Å²) in [5.74, 6) is 0. The van der Waals surface area contributed by atoms with Crippen LogP contribution < -0.4 is 4.90 Å². The van der Waals surface area contributed by atoms with E-state index in [0.717, 1.165) is 17.1 Å². The van der Waals surface area contributed by atoms with Crippen molar-refractivity contribution in [2.45, 2.75) is 0 Å². The average Bonchev–Trinajstić information content (AvgIpc) is 3.44. The van der Waals surface area contributed by atoms with E-state index in [1.807, 2.05) is 11.3 Å². The highest BCUT2D eigenvalue weighted by Crippen LogP contribution is 2.42. The van der Waals surface area contributed by atoms with E-state index in [0.29, 0.717) is 0 Å². The summed E-state index contributed by atoms with van der Waals surface area (Å²) in [4.78, 5) is 2.38. The lowest BCUT2D eigenvalue weighted by molar-refractivity contribution is 1.29. The van der Waals surface area contributed by atoms with Gasteiger partial charge in [0.25, 0.3) is 0 Å². The van der Waals surface area contributed by atoms with Crippen LogP contribution in [0.2, 0.25) is 0 Å². The van der Waals surface area contributed by atoms with E-state index in [-0.39, 0.29) is 0 Å². The summed E-state index contributed by atoms with van der Waals surface area (Å²) in [6.07, 6.45) is 0. The minimum atomic E-state index is 1.13. The Kier molecular flexibility index (Phi) is 6.05. The van der Waals surface area contributed by atoms with Crippen LogP contribution in [0.25, 0.3) is 53.2 Å². The van der Waals surface area contributed by atoms with Crippen molar-refractivity contribution in [3.8, 4) is 22.3 Å². The van der Waals surface area contributed by atoms with Gasteiger partial charge in [-0.25, -0.2) is 0 Å². The number of anilines is 3. The molecular weight excluding hydrogens is 527 g/mol. The van der Waals surface area contributed by atoms with Crippen LogP contribution in [0.1, 0.15) is 0 Å². The fourth-order valence-corrected chi connectivity index (χ4v) is 7.11. The third-order valence-corrected chi connectivity index (χ3v) is 9.21. The summed E-state index contributed by atoms with van der Waals surface area (Å²) < 4.78 is 2.63. The predicted molar refractivity (Wildman–Crippen MR) is 182 cm³/mol. The van der Waals surface area contributed by atoms with Crippen molar-refractivity contribution in [1.82, 2.24) is 0 Å². The van der Waals surface area contributed by atoms with Gasteiger partial charge in [-0.15, -0.1) is 11.3 Å². The number of rotatable bonds is 5. The summed E-state index contributed by atoms with van der Waals surface area (Å²) in [5, 5.41) is 5.12. The summed E-state index contributed by atoms with van der Waals surface area (Å²) >= 11 is 1.86. The molecule has 8 aromatic rings. The number of fused-ring (bicyclic) bond motifs is 4. The van der Waals surface area contributed by atoms with Gasteiger partial charge in [0.1, 0.15) is 0 Å². The molecule has 1 nitrogen and oxygen atoms in total. The molecule has 1 aromatic heterocycles. The molecule has 0 aliphatic carbocycles. The molecule has 0 spiro atoms. The quantitative estimate of drug-likeness (QED) is 0.205. The number of hydrogen-bond donors (Lipinski definition) is 0. The lowest BCUT2D eigenvalue weighted by Gasteiger charge is -2.26. The van der Waals surface area contributed by atoms with Crippen molar-refractivity contribution in [2.75, 3.05) is 4.90 Å². The van der Waals surface area contributed by atoms with E-state index in [1.54, 1.807) is 0 Å². The largest absolute Gasteiger partial charge is 0.310 e. The smallest absolute Gasteiger partial charge is 0.0468 e. The third-order valence-electron chi connectivity index (χ3n) is 8.06. The van der Waals surface area contributed by atoms with Gasteiger partial charge in [0.2, 0.25) is 0 Å². The SMILES string of the molecule is c1ccc(-c2ccc(N(c3cccc(-c4cccc5ccccc45)c3)c3ccc4sc5ccccc5c4c3)cc2)cc1. The Balaban J connectivity index is 1.30. The first-order valence-corrected chi connectivity index (χ1v) is 15.1. The maximum absolute atomic E-state index is 2.38. The molecule has 8 rings (SSSR count). The van der Waals surface area contributed by atoms with Gasteiger partial charge >= 0.3 is 0 Å². The molecule has 0 bridgehead atoms. The normalized spacial score (nSPS) is 11.3. The molecule has 0 saturated carbocycles. The van der Waals surface area contributed by atoms with Gasteiger partial charge in [0.15, 0.2) is 0 Å². The minimum absolute atomic E-state index is 1.13.